The van der Waals surface area contributed by atoms with Gasteiger partial charge in [-0.15, -0.1) is 23.1 Å². The zero-order valence-electron chi connectivity index (χ0n) is 10.2. The lowest BCUT2D eigenvalue weighted by Crippen LogP contribution is -2.12. The summed E-state index contributed by atoms with van der Waals surface area (Å²) in [5.41, 5.74) is 0.0972. The molecule has 2 unspecified atom stereocenters. The normalized spacial score (nSPS) is 25.3. The maximum Gasteiger partial charge on any atom is 0.294 e. The van der Waals surface area contributed by atoms with E-state index in [0.717, 1.165) is 6.42 Å². The van der Waals surface area contributed by atoms with Crippen LogP contribution in [0.4, 0.5) is 5.69 Å². The molecule has 100 valence electrons. The Labute approximate surface area is 113 Å². The molecule has 0 radical (unpaired) electrons. The summed E-state index contributed by atoms with van der Waals surface area (Å²) in [7, 11) is 0. The van der Waals surface area contributed by atoms with Crippen LogP contribution in [0, 0.1) is 10.1 Å². The van der Waals surface area contributed by atoms with Crippen molar-refractivity contribution in [2.24, 2.45) is 0 Å². The topological polar surface area (TPSA) is 72.6 Å². The van der Waals surface area contributed by atoms with Crippen LogP contribution in [0.2, 0.25) is 0 Å². The molecule has 1 fully saturated rings. The number of aliphatic hydroxyl groups excluding tert-OH is 1. The largest absolute Gasteiger partial charge is 0.388 e. The van der Waals surface area contributed by atoms with Gasteiger partial charge in [-0.05, 0) is 20.3 Å². The molecular formula is C11H15NO4S2. The zero-order chi connectivity index (χ0) is 13.3. The summed E-state index contributed by atoms with van der Waals surface area (Å²) in [5.74, 6) is 0. The Bertz CT molecular complexity index is 446. The lowest BCUT2D eigenvalue weighted by Gasteiger charge is -2.11. The third-order valence-corrected chi connectivity index (χ3v) is 5.85. The van der Waals surface area contributed by atoms with Gasteiger partial charge in [0.05, 0.1) is 17.1 Å². The molecule has 5 nitrogen and oxygen atoms in total. The van der Waals surface area contributed by atoms with Gasteiger partial charge in [0.25, 0.3) is 5.69 Å². The summed E-state index contributed by atoms with van der Waals surface area (Å²) in [5, 5.41) is 20.8. The minimum atomic E-state index is -0.666. The number of hydrogen-bond acceptors (Lipinski definition) is 6. The number of thioether (sulfide) groups is 1. The highest BCUT2D eigenvalue weighted by Crippen LogP contribution is 2.44. The van der Waals surface area contributed by atoms with Crippen LogP contribution in [-0.4, -0.2) is 28.0 Å². The molecule has 0 aliphatic carbocycles. The molecule has 7 heteroatoms. The third kappa shape index (κ3) is 2.85. The van der Waals surface area contributed by atoms with Crippen LogP contribution in [0.25, 0.3) is 0 Å². The molecule has 0 saturated carbocycles. The fourth-order valence-corrected chi connectivity index (χ4v) is 4.46. The molecular weight excluding hydrogens is 274 g/mol. The average Bonchev–Trinajstić information content (AvgIpc) is 2.87. The van der Waals surface area contributed by atoms with Crippen LogP contribution in [0.5, 0.6) is 0 Å². The third-order valence-electron chi connectivity index (χ3n) is 2.87. The van der Waals surface area contributed by atoms with Crippen molar-refractivity contribution in [1.29, 1.82) is 0 Å². The van der Waals surface area contributed by atoms with Gasteiger partial charge < -0.3 is 9.84 Å². The lowest BCUT2D eigenvalue weighted by molar-refractivity contribution is -0.387. The van der Waals surface area contributed by atoms with Crippen LogP contribution < -0.4 is 0 Å². The van der Waals surface area contributed by atoms with Crippen molar-refractivity contribution in [2.75, 3.05) is 6.61 Å². The van der Waals surface area contributed by atoms with Gasteiger partial charge in [0.2, 0.25) is 0 Å². The minimum absolute atomic E-state index is 0.0972. The first-order valence-corrected chi connectivity index (χ1v) is 7.43. The molecule has 1 aromatic heterocycles. The van der Waals surface area contributed by atoms with Crippen LogP contribution in [0.15, 0.2) is 10.3 Å². The van der Waals surface area contributed by atoms with Crippen molar-refractivity contribution in [3.63, 3.8) is 0 Å². The molecule has 18 heavy (non-hydrogen) atoms. The van der Waals surface area contributed by atoms with Gasteiger partial charge in [0, 0.05) is 22.8 Å². The van der Waals surface area contributed by atoms with Crippen LogP contribution in [-0.2, 0) is 4.74 Å². The van der Waals surface area contributed by atoms with Crippen molar-refractivity contribution in [3.8, 4) is 0 Å². The van der Waals surface area contributed by atoms with Gasteiger partial charge in [0.15, 0.2) is 0 Å². The lowest BCUT2D eigenvalue weighted by atomic mass is 10.3. The molecule has 2 rings (SSSR count). The van der Waals surface area contributed by atoms with Gasteiger partial charge in [-0.2, -0.15) is 0 Å². The van der Waals surface area contributed by atoms with Crippen molar-refractivity contribution >= 4 is 28.8 Å². The van der Waals surface area contributed by atoms with E-state index < -0.39 is 6.10 Å². The molecule has 1 aromatic rings. The van der Waals surface area contributed by atoms with E-state index in [-0.39, 0.29) is 22.0 Å². The zero-order valence-corrected chi connectivity index (χ0v) is 11.8. The summed E-state index contributed by atoms with van der Waals surface area (Å²) in [6.45, 7) is 4.31. The first-order chi connectivity index (χ1) is 8.49. The minimum Gasteiger partial charge on any atom is -0.388 e. The SMILES string of the molecule is CC1OCCC1Sc1sc([C@H](C)O)cc1[N+](=O)[O-]. The second kappa shape index (κ2) is 5.56. The van der Waals surface area contributed by atoms with Gasteiger partial charge in [-0.1, -0.05) is 0 Å². The number of rotatable bonds is 4. The molecule has 0 spiro atoms. The number of hydrogen-bond donors (Lipinski definition) is 1. The van der Waals surface area contributed by atoms with E-state index in [0.29, 0.717) is 15.7 Å². The van der Waals surface area contributed by atoms with Crippen molar-refractivity contribution in [2.45, 2.75) is 41.9 Å². The number of thiophene rings is 1. The quantitative estimate of drug-likeness (QED) is 0.681. The summed E-state index contributed by atoms with van der Waals surface area (Å²) in [4.78, 5) is 11.3. The van der Waals surface area contributed by atoms with E-state index in [4.69, 9.17) is 4.74 Å². The maximum absolute atomic E-state index is 11.0. The number of nitrogens with zero attached hydrogens (tertiary/aromatic N) is 1. The highest BCUT2D eigenvalue weighted by Gasteiger charge is 2.30. The molecule has 1 saturated heterocycles. The summed E-state index contributed by atoms with van der Waals surface area (Å²) >= 11 is 2.79. The van der Waals surface area contributed by atoms with Gasteiger partial charge in [-0.25, -0.2) is 0 Å². The molecule has 0 amide bonds. The van der Waals surface area contributed by atoms with Crippen LogP contribution >= 0.6 is 23.1 Å². The maximum atomic E-state index is 11.0. The fraction of sp³-hybridized carbons (Fsp3) is 0.636. The molecule has 2 heterocycles. The molecule has 0 aromatic carbocycles. The highest BCUT2D eigenvalue weighted by atomic mass is 32.2. The monoisotopic (exact) mass is 289 g/mol. The fourth-order valence-electron chi connectivity index (χ4n) is 1.80. The van der Waals surface area contributed by atoms with Gasteiger partial charge in [-0.3, -0.25) is 10.1 Å². The second-order valence-electron chi connectivity index (χ2n) is 4.28. The van der Waals surface area contributed by atoms with E-state index in [9.17, 15) is 15.2 Å². The standard InChI is InChI=1S/C11H15NO4S2/c1-6(13)10-5-8(12(14)15)11(18-10)17-9-3-4-16-7(9)2/h5-7,9,13H,3-4H2,1-2H3/t6-,7?,9?/m0/s1. The molecule has 1 aliphatic rings. The Balaban J connectivity index is 2.22. The van der Waals surface area contributed by atoms with Crippen LogP contribution in [0.3, 0.4) is 0 Å². The summed E-state index contributed by atoms with van der Waals surface area (Å²) in [6, 6.07) is 1.47. The number of ether oxygens (including phenoxy) is 1. The molecule has 1 N–H and O–H groups in total. The van der Waals surface area contributed by atoms with E-state index in [2.05, 4.69) is 0 Å². The summed E-state index contributed by atoms with van der Waals surface area (Å²) in [6.07, 6.45) is 0.359. The van der Waals surface area contributed by atoms with Crippen molar-refractivity contribution < 1.29 is 14.8 Å². The van der Waals surface area contributed by atoms with E-state index >= 15 is 0 Å². The number of nitro groups is 1. The molecule has 0 bridgehead atoms. The first-order valence-electron chi connectivity index (χ1n) is 5.73. The van der Waals surface area contributed by atoms with E-state index in [1.807, 2.05) is 6.92 Å². The smallest absolute Gasteiger partial charge is 0.294 e. The second-order valence-corrected chi connectivity index (χ2v) is 6.87. The van der Waals surface area contributed by atoms with Gasteiger partial charge in [0.1, 0.15) is 4.21 Å². The molecule has 1 aliphatic heterocycles. The predicted octanol–water partition coefficient (Wildman–Crippen LogP) is 2.98. The number of aliphatic hydroxyl groups is 1. The highest BCUT2D eigenvalue weighted by molar-refractivity contribution is 8.01. The first kappa shape index (κ1) is 13.8. The van der Waals surface area contributed by atoms with Crippen molar-refractivity contribution in [3.05, 3.63) is 21.1 Å². The predicted molar refractivity (Wildman–Crippen MR) is 71.3 cm³/mol. The Morgan fingerprint density at radius 2 is 2.44 bits per heavy atom. The van der Waals surface area contributed by atoms with Gasteiger partial charge >= 0.3 is 0 Å². The van der Waals surface area contributed by atoms with E-state index in [1.54, 1.807) is 6.92 Å². The molecule has 3 atom stereocenters. The summed E-state index contributed by atoms with van der Waals surface area (Å²) < 4.78 is 6.12. The Kier molecular flexibility index (Phi) is 4.26. The van der Waals surface area contributed by atoms with E-state index in [1.165, 1.54) is 29.2 Å². The Morgan fingerprint density at radius 3 is 2.94 bits per heavy atom. The Hall–Kier alpha value is -0.630. The Morgan fingerprint density at radius 1 is 1.72 bits per heavy atom. The average molecular weight is 289 g/mol. The van der Waals surface area contributed by atoms with Crippen LogP contribution in [0.1, 0.15) is 31.2 Å². The van der Waals surface area contributed by atoms with Crippen molar-refractivity contribution in [1.82, 2.24) is 0 Å².